The number of rotatable bonds is 6. The van der Waals surface area contributed by atoms with E-state index in [0.29, 0.717) is 13.1 Å². The maximum Gasteiger partial charge on any atom is 0.242 e. The van der Waals surface area contributed by atoms with Gasteiger partial charge in [-0.3, -0.25) is 9.59 Å². The Hall–Kier alpha value is -1.82. The average molecular weight is 434 g/mol. The Balaban J connectivity index is 1.68. The molecule has 1 aromatic carbocycles. The van der Waals surface area contributed by atoms with Crippen LogP contribution in [0.1, 0.15) is 38.3 Å². The smallest absolute Gasteiger partial charge is 0.242 e. The van der Waals surface area contributed by atoms with Gasteiger partial charge in [0.15, 0.2) is 0 Å². The molecule has 0 aliphatic carbocycles. The third-order valence-electron chi connectivity index (χ3n) is 5.42. The summed E-state index contributed by atoms with van der Waals surface area (Å²) in [6.07, 6.45) is 3.80. The van der Waals surface area contributed by atoms with Gasteiger partial charge in [0.25, 0.3) is 0 Å². The van der Waals surface area contributed by atoms with Crippen molar-refractivity contribution in [2.24, 2.45) is 5.92 Å². The van der Waals surface area contributed by atoms with Gasteiger partial charge in [-0.05, 0) is 48.2 Å². The molecule has 1 unspecified atom stereocenters. The molecule has 2 heterocycles. The lowest BCUT2D eigenvalue weighted by Gasteiger charge is -2.32. The molecule has 0 radical (unpaired) electrons. The number of nitrogens with zero attached hydrogens (tertiary/aromatic N) is 2. The number of carbonyl (C=O) groups excluding carboxylic acids is 2. The SMILES string of the molecule is CCCCNC(=O)C1CCCN(C(=O)Cn2c(C)c(Br)c3ccccc32)C1. The Kier molecular flexibility index (Phi) is 6.58. The maximum atomic E-state index is 13.0. The van der Waals surface area contributed by atoms with Crippen molar-refractivity contribution in [3.05, 3.63) is 34.4 Å². The van der Waals surface area contributed by atoms with Gasteiger partial charge in [0, 0.05) is 40.7 Å². The molecule has 1 saturated heterocycles. The molecular formula is C21H28BrN3O2. The molecule has 0 spiro atoms. The molecule has 1 aliphatic rings. The van der Waals surface area contributed by atoms with Crippen LogP contribution in [0, 0.1) is 12.8 Å². The summed E-state index contributed by atoms with van der Waals surface area (Å²) in [6.45, 7) is 6.42. The minimum Gasteiger partial charge on any atom is -0.356 e. The van der Waals surface area contributed by atoms with Gasteiger partial charge in [-0.1, -0.05) is 31.5 Å². The number of nitrogens with one attached hydrogen (secondary N) is 1. The first-order valence-electron chi connectivity index (χ1n) is 9.81. The Morgan fingerprint density at radius 1 is 1.30 bits per heavy atom. The molecule has 5 nitrogen and oxygen atoms in total. The van der Waals surface area contributed by atoms with Gasteiger partial charge in [0.2, 0.25) is 11.8 Å². The minimum absolute atomic E-state index is 0.0809. The fourth-order valence-electron chi connectivity index (χ4n) is 3.78. The van der Waals surface area contributed by atoms with Gasteiger partial charge in [-0.25, -0.2) is 0 Å². The number of unbranched alkanes of at least 4 members (excludes halogenated alkanes) is 1. The summed E-state index contributed by atoms with van der Waals surface area (Å²) in [7, 11) is 0. The highest BCUT2D eigenvalue weighted by atomic mass is 79.9. The number of benzene rings is 1. The Morgan fingerprint density at radius 2 is 2.07 bits per heavy atom. The fraction of sp³-hybridized carbons (Fsp3) is 0.524. The Bertz CT molecular complexity index is 830. The van der Waals surface area contributed by atoms with Gasteiger partial charge < -0.3 is 14.8 Å². The van der Waals surface area contributed by atoms with Crippen molar-refractivity contribution in [2.75, 3.05) is 19.6 Å². The van der Waals surface area contributed by atoms with Crippen molar-refractivity contribution < 1.29 is 9.59 Å². The summed E-state index contributed by atoms with van der Waals surface area (Å²) in [5, 5.41) is 4.13. The number of hydrogen-bond donors (Lipinski definition) is 1. The van der Waals surface area contributed by atoms with Crippen LogP contribution in [0.4, 0.5) is 0 Å². The van der Waals surface area contributed by atoms with E-state index in [9.17, 15) is 9.59 Å². The Labute approximate surface area is 169 Å². The van der Waals surface area contributed by atoms with Crippen LogP contribution in [0.15, 0.2) is 28.7 Å². The van der Waals surface area contributed by atoms with Crippen molar-refractivity contribution in [2.45, 2.75) is 46.1 Å². The second-order valence-corrected chi connectivity index (χ2v) is 8.12. The first kappa shape index (κ1) is 19.9. The number of halogens is 1. The molecule has 0 saturated carbocycles. The molecular weight excluding hydrogens is 406 g/mol. The molecule has 1 fully saturated rings. The first-order valence-corrected chi connectivity index (χ1v) is 10.6. The van der Waals surface area contributed by atoms with E-state index in [2.05, 4.69) is 38.8 Å². The molecule has 1 aliphatic heterocycles. The van der Waals surface area contributed by atoms with E-state index in [1.54, 1.807) is 0 Å². The van der Waals surface area contributed by atoms with Gasteiger partial charge in [-0.15, -0.1) is 0 Å². The molecule has 146 valence electrons. The van der Waals surface area contributed by atoms with Crippen molar-refractivity contribution in [1.29, 1.82) is 0 Å². The lowest BCUT2D eigenvalue weighted by Crippen LogP contribution is -2.46. The van der Waals surface area contributed by atoms with E-state index in [1.165, 1.54) is 0 Å². The first-order chi connectivity index (χ1) is 13.0. The number of para-hydroxylation sites is 1. The molecule has 2 aromatic rings. The summed E-state index contributed by atoms with van der Waals surface area (Å²) >= 11 is 3.65. The van der Waals surface area contributed by atoms with Crippen molar-refractivity contribution in [1.82, 2.24) is 14.8 Å². The highest BCUT2D eigenvalue weighted by Crippen LogP contribution is 2.30. The zero-order valence-electron chi connectivity index (χ0n) is 16.1. The van der Waals surface area contributed by atoms with E-state index >= 15 is 0 Å². The van der Waals surface area contributed by atoms with E-state index in [4.69, 9.17) is 0 Å². The maximum absolute atomic E-state index is 13.0. The van der Waals surface area contributed by atoms with Crippen LogP contribution in [-0.2, 0) is 16.1 Å². The van der Waals surface area contributed by atoms with Crippen LogP contribution < -0.4 is 5.32 Å². The highest BCUT2D eigenvalue weighted by molar-refractivity contribution is 9.10. The quantitative estimate of drug-likeness (QED) is 0.702. The van der Waals surface area contributed by atoms with Crippen LogP contribution in [0.3, 0.4) is 0 Å². The molecule has 0 bridgehead atoms. The summed E-state index contributed by atoms with van der Waals surface area (Å²) in [5.41, 5.74) is 2.11. The third kappa shape index (κ3) is 4.37. The van der Waals surface area contributed by atoms with Crippen molar-refractivity contribution in [3.8, 4) is 0 Å². The summed E-state index contributed by atoms with van der Waals surface area (Å²) in [5.74, 6) is 0.0810. The molecule has 3 rings (SSSR count). The lowest BCUT2D eigenvalue weighted by atomic mass is 9.97. The zero-order valence-corrected chi connectivity index (χ0v) is 17.7. The molecule has 27 heavy (non-hydrogen) atoms. The number of hydrogen-bond acceptors (Lipinski definition) is 2. The van der Waals surface area contributed by atoms with E-state index in [0.717, 1.165) is 59.8 Å². The highest BCUT2D eigenvalue weighted by Gasteiger charge is 2.28. The molecule has 2 amide bonds. The largest absolute Gasteiger partial charge is 0.356 e. The standard InChI is InChI=1S/C21H28BrN3O2/c1-3-4-11-23-21(27)16-8-7-12-24(13-16)19(26)14-25-15(2)20(22)17-9-5-6-10-18(17)25/h5-6,9-10,16H,3-4,7-8,11-14H2,1-2H3,(H,23,27). The number of fused-ring (bicyclic) bond motifs is 1. The Morgan fingerprint density at radius 3 is 2.85 bits per heavy atom. The lowest BCUT2D eigenvalue weighted by molar-refractivity contribution is -0.136. The van der Waals surface area contributed by atoms with E-state index in [-0.39, 0.29) is 17.7 Å². The van der Waals surface area contributed by atoms with E-state index < -0.39 is 0 Å². The predicted octanol–water partition coefficient (Wildman–Crippen LogP) is 3.87. The van der Waals surface area contributed by atoms with Crippen molar-refractivity contribution in [3.63, 3.8) is 0 Å². The summed E-state index contributed by atoms with van der Waals surface area (Å²) in [6, 6.07) is 8.10. The van der Waals surface area contributed by atoms with Crippen molar-refractivity contribution >= 4 is 38.6 Å². The average Bonchev–Trinajstić information content (AvgIpc) is 2.93. The van der Waals surface area contributed by atoms with Gasteiger partial charge >= 0.3 is 0 Å². The topological polar surface area (TPSA) is 54.3 Å². The normalized spacial score (nSPS) is 17.3. The van der Waals surface area contributed by atoms with Crippen LogP contribution in [0.25, 0.3) is 10.9 Å². The second kappa shape index (κ2) is 8.91. The molecule has 6 heteroatoms. The number of amides is 2. The number of likely N-dealkylation sites (tertiary alicyclic amines) is 1. The number of piperidine rings is 1. The van der Waals surface area contributed by atoms with Crippen LogP contribution >= 0.6 is 15.9 Å². The zero-order chi connectivity index (χ0) is 19.4. The van der Waals surface area contributed by atoms with Crippen LogP contribution in [0.5, 0.6) is 0 Å². The van der Waals surface area contributed by atoms with Gasteiger partial charge in [-0.2, -0.15) is 0 Å². The van der Waals surface area contributed by atoms with Crippen LogP contribution in [-0.4, -0.2) is 40.9 Å². The number of aromatic nitrogens is 1. The summed E-state index contributed by atoms with van der Waals surface area (Å²) < 4.78 is 3.10. The molecule has 1 N–H and O–H groups in total. The van der Waals surface area contributed by atoms with Gasteiger partial charge in [0.1, 0.15) is 6.54 Å². The minimum atomic E-state index is -0.0891. The summed E-state index contributed by atoms with van der Waals surface area (Å²) in [4.78, 5) is 27.2. The molecule has 1 aromatic heterocycles. The number of carbonyl (C=O) groups is 2. The van der Waals surface area contributed by atoms with Crippen LogP contribution in [0.2, 0.25) is 0 Å². The van der Waals surface area contributed by atoms with Gasteiger partial charge in [0.05, 0.1) is 5.92 Å². The monoisotopic (exact) mass is 433 g/mol. The second-order valence-electron chi connectivity index (χ2n) is 7.33. The van der Waals surface area contributed by atoms with E-state index in [1.807, 2.05) is 30.0 Å². The third-order valence-corrected chi connectivity index (χ3v) is 6.42. The fourth-order valence-corrected chi connectivity index (χ4v) is 4.33. The molecule has 1 atom stereocenters. The predicted molar refractivity (Wildman–Crippen MR) is 112 cm³/mol.